The number of aliphatic hydroxyl groups is 1. The zero-order valence-electron chi connectivity index (χ0n) is 20.7. The van der Waals surface area contributed by atoms with Crippen molar-refractivity contribution in [3.63, 3.8) is 0 Å². The van der Waals surface area contributed by atoms with Gasteiger partial charge in [-0.05, 0) is 50.1 Å². The lowest BCUT2D eigenvalue weighted by molar-refractivity contribution is -0.153. The predicted octanol–water partition coefficient (Wildman–Crippen LogP) is 2.92. The van der Waals surface area contributed by atoms with E-state index in [0.717, 1.165) is 12.1 Å². The average molecular weight is 551 g/mol. The van der Waals surface area contributed by atoms with Crippen LogP contribution in [0.2, 0.25) is 0 Å². The molecule has 39 heavy (non-hydrogen) atoms. The summed E-state index contributed by atoms with van der Waals surface area (Å²) >= 11 is 0. The van der Waals surface area contributed by atoms with Crippen LogP contribution in [0.3, 0.4) is 0 Å². The van der Waals surface area contributed by atoms with Gasteiger partial charge in [0.25, 0.3) is 11.8 Å². The zero-order chi connectivity index (χ0) is 28.3. The summed E-state index contributed by atoms with van der Waals surface area (Å²) in [6, 6.07) is 5.73. The van der Waals surface area contributed by atoms with E-state index < -0.39 is 48.7 Å². The van der Waals surface area contributed by atoms with Gasteiger partial charge in [-0.25, -0.2) is 9.37 Å². The Morgan fingerprint density at radius 3 is 2.44 bits per heavy atom. The van der Waals surface area contributed by atoms with E-state index in [4.69, 9.17) is 9.84 Å². The van der Waals surface area contributed by atoms with Crippen molar-refractivity contribution in [3.8, 4) is 5.75 Å². The predicted molar refractivity (Wildman–Crippen MR) is 131 cm³/mol. The number of carbonyl (C=O) groups excluding carboxylic acids is 3. The molecule has 4 rings (SSSR count). The number of piperidine rings is 1. The highest BCUT2D eigenvalue weighted by Gasteiger charge is 2.32. The molecule has 0 spiro atoms. The molecule has 0 unspecified atom stereocenters. The molecule has 208 valence electrons. The van der Waals surface area contributed by atoms with Crippen LogP contribution in [0.5, 0.6) is 5.75 Å². The maximum absolute atomic E-state index is 13.2. The van der Waals surface area contributed by atoms with Crippen molar-refractivity contribution in [2.45, 2.75) is 32.0 Å². The summed E-state index contributed by atoms with van der Waals surface area (Å²) in [4.78, 5) is 45.9. The van der Waals surface area contributed by atoms with Crippen molar-refractivity contribution in [2.24, 2.45) is 0 Å². The second-order valence-corrected chi connectivity index (χ2v) is 9.00. The molecular weight excluding hydrogens is 526 g/mol. The van der Waals surface area contributed by atoms with Crippen LogP contribution in [0.15, 0.2) is 30.3 Å². The zero-order valence-corrected chi connectivity index (χ0v) is 20.7. The molecule has 4 N–H and O–H groups in total. The Hall–Kier alpha value is -4.20. The highest BCUT2D eigenvalue weighted by Crippen LogP contribution is 2.34. The van der Waals surface area contributed by atoms with Crippen molar-refractivity contribution in [2.75, 3.05) is 31.6 Å². The molecule has 14 heteroatoms. The Morgan fingerprint density at radius 1 is 1.15 bits per heavy atom. The second-order valence-electron chi connectivity index (χ2n) is 9.00. The lowest BCUT2D eigenvalue weighted by atomic mass is 10.0. The third-order valence-electron chi connectivity index (χ3n) is 6.21. The van der Waals surface area contributed by atoms with Gasteiger partial charge < -0.3 is 30.4 Å². The molecule has 3 heterocycles. The van der Waals surface area contributed by atoms with Crippen LogP contribution in [-0.2, 0) is 4.79 Å². The number of pyridine rings is 1. The van der Waals surface area contributed by atoms with Gasteiger partial charge in [0.1, 0.15) is 23.8 Å². The lowest BCUT2D eigenvalue weighted by Crippen LogP contribution is -2.47. The number of amides is 3. The number of hydrogen-bond donors (Lipinski definition) is 4. The van der Waals surface area contributed by atoms with Crippen LogP contribution in [0.1, 0.15) is 39.4 Å². The summed E-state index contributed by atoms with van der Waals surface area (Å²) in [5, 5.41) is 14.4. The van der Waals surface area contributed by atoms with Crippen molar-refractivity contribution in [1.29, 1.82) is 0 Å². The molecule has 10 nitrogen and oxygen atoms in total. The summed E-state index contributed by atoms with van der Waals surface area (Å²) in [5.41, 5.74) is 0.385. The molecule has 1 aliphatic rings. The van der Waals surface area contributed by atoms with Gasteiger partial charge in [0.05, 0.1) is 16.8 Å². The first-order chi connectivity index (χ1) is 18.4. The van der Waals surface area contributed by atoms with Crippen molar-refractivity contribution in [3.05, 3.63) is 53.1 Å². The minimum atomic E-state index is -4.69. The molecule has 0 aliphatic carbocycles. The number of nitrogens with one attached hydrogen (secondary N) is 3. The molecule has 1 saturated heterocycles. The van der Waals surface area contributed by atoms with Gasteiger partial charge in [-0.1, -0.05) is 0 Å². The quantitative estimate of drug-likeness (QED) is 0.334. The average Bonchev–Trinajstić information content (AvgIpc) is 3.24. The number of rotatable bonds is 7. The Morgan fingerprint density at radius 2 is 1.82 bits per heavy atom. The number of ether oxygens (including phenoxy) is 1. The topological polar surface area (TPSA) is 137 Å². The highest BCUT2D eigenvalue weighted by molar-refractivity contribution is 6.07. The van der Waals surface area contributed by atoms with Gasteiger partial charge >= 0.3 is 6.18 Å². The van der Waals surface area contributed by atoms with E-state index >= 15 is 0 Å². The fourth-order valence-corrected chi connectivity index (χ4v) is 4.20. The van der Waals surface area contributed by atoms with Crippen molar-refractivity contribution in [1.82, 2.24) is 20.2 Å². The van der Waals surface area contributed by atoms with Crippen LogP contribution in [0.25, 0.3) is 11.0 Å². The van der Waals surface area contributed by atoms with Gasteiger partial charge in [0, 0.05) is 24.7 Å². The first-order valence-corrected chi connectivity index (χ1v) is 11.9. The summed E-state index contributed by atoms with van der Waals surface area (Å²) in [6.07, 6.45) is -3.93. The van der Waals surface area contributed by atoms with Gasteiger partial charge in [-0.2, -0.15) is 13.2 Å². The third-order valence-corrected chi connectivity index (χ3v) is 6.21. The minimum absolute atomic E-state index is 0.0350. The van der Waals surface area contributed by atoms with Gasteiger partial charge in [-0.3, -0.25) is 14.4 Å². The van der Waals surface area contributed by atoms with E-state index in [1.807, 2.05) is 0 Å². The van der Waals surface area contributed by atoms with Crippen LogP contribution >= 0.6 is 0 Å². The number of aromatic nitrogens is 2. The highest BCUT2D eigenvalue weighted by atomic mass is 19.4. The number of likely N-dealkylation sites (tertiary alicyclic amines) is 1. The van der Waals surface area contributed by atoms with E-state index in [0.29, 0.717) is 31.6 Å². The van der Waals surface area contributed by atoms with E-state index in [-0.39, 0.29) is 34.0 Å². The van der Waals surface area contributed by atoms with Crippen LogP contribution in [0, 0.1) is 12.7 Å². The first-order valence-electron chi connectivity index (χ1n) is 11.9. The number of halogens is 4. The number of nitrogens with zero attached hydrogens (tertiary/aromatic N) is 2. The number of alkyl halides is 3. The Kier molecular flexibility index (Phi) is 8.04. The Bertz CT molecular complexity index is 1380. The lowest BCUT2D eigenvalue weighted by Gasteiger charge is -2.32. The molecule has 0 radical (unpaired) electrons. The molecule has 1 aromatic carbocycles. The first kappa shape index (κ1) is 27.8. The monoisotopic (exact) mass is 551 g/mol. The maximum Gasteiger partial charge on any atom is 0.422 e. The number of aromatic amines is 1. The number of H-pyrrole nitrogens is 1. The smallest absolute Gasteiger partial charge is 0.422 e. The van der Waals surface area contributed by atoms with Crippen molar-refractivity contribution < 1.29 is 41.8 Å². The van der Waals surface area contributed by atoms with Crippen molar-refractivity contribution >= 4 is 34.4 Å². The SMILES string of the molecule is Cc1nc2[nH]c(C(=O)NC3CCN(C(=O)CO)CC3)c(OCC(F)(F)F)c2cc1NC(=O)c1ccc(F)cc1. The summed E-state index contributed by atoms with van der Waals surface area (Å²) in [5.74, 6) is -2.68. The summed E-state index contributed by atoms with van der Waals surface area (Å²) in [6.45, 7) is -0.144. The molecule has 1 aliphatic heterocycles. The van der Waals surface area contributed by atoms with E-state index in [1.54, 1.807) is 6.92 Å². The standard InChI is InChI=1S/C25H25F4N5O5/c1-13-18(32-23(37)14-2-4-15(26)5-3-14)10-17-21(39-12-25(27,28)29)20(33-22(17)30-13)24(38)31-16-6-8-34(9-7-16)19(36)11-35/h2-5,10,16,35H,6-9,11-12H2,1H3,(H,30,33)(H,31,38)(H,32,37). The molecule has 0 bridgehead atoms. The Labute approximate surface area is 219 Å². The fraction of sp³-hybridized carbons (Fsp3) is 0.360. The number of hydrogen-bond acceptors (Lipinski definition) is 6. The molecule has 0 saturated carbocycles. The fourth-order valence-electron chi connectivity index (χ4n) is 4.20. The number of benzene rings is 1. The van der Waals surface area contributed by atoms with E-state index in [9.17, 15) is 31.9 Å². The van der Waals surface area contributed by atoms with Crippen LogP contribution < -0.4 is 15.4 Å². The molecule has 2 aromatic heterocycles. The normalized spacial score (nSPS) is 14.4. The summed E-state index contributed by atoms with van der Waals surface area (Å²) in [7, 11) is 0. The van der Waals surface area contributed by atoms with Gasteiger partial charge in [-0.15, -0.1) is 0 Å². The number of fused-ring (bicyclic) bond motifs is 1. The second kappa shape index (κ2) is 11.3. The molecule has 1 fully saturated rings. The molecular formula is C25H25F4N5O5. The number of carbonyl (C=O) groups is 3. The number of aryl methyl sites for hydroxylation is 1. The van der Waals surface area contributed by atoms with Crippen LogP contribution in [-0.4, -0.2) is 76.2 Å². The molecule has 0 atom stereocenters. The molecule has 3 amide bonds. The Balaban J connectivity index is 1.60. The minimum Gasteiger partial charge on any atom is -0.481 e. The third kappa shape index (κ3) is 6.63. The van der Waals surface area contributed by atoms with Gasteiger partial charge in [0.15, 0.2) is 12.4 Å². The summed E-state index contributed by atoms with van der Waals surface area (Å²) < 4.78 is 57.3. The maximum atomic E-state index is 13.2. The van der Waals surface area contributed by atoms with Crippen LogP contribution in [0.4, 0.5) is 23.2 Å². The van der Waals surface area contributed by atoms with E-state index in [2.05, 4.69) is 20.6 Å². The van der Waals surface area contributed by atoms with E-state index in [1.165, 1.54) is 23.1 Å². The largest absolute Gasteiger partial charge is 0.481 e. The van der Waals surface area contributed by atoms with Gasteiger partial charge in [0.2, 0.25) is 5.91 Å². The molecule has 3 aromatic rings. The number of aliphatic hydroxyl groups excluding tert-OH is 1. The number of anilines is 1.